The predicted octanol–water partition coefficient (Wildman–Crippen LogP) is 2.55. The summed E-state index contributed by atoms with van der Waals surface area (Å²) in [5.41, 5.74) is 0.691. The van der Waals surface area contributed by atoms with Gasteiger partial charge in [0.1, 0.15) is 5.76 Å². The highest BCUT2D eigenvalue weighted by Gasteiger charge is 2.12. The highest BCUT2D eigenvalue weighted by molar-refractivity contribution is 5.93. The lowest BCUT2D eigenvalue weighted by molar-refractivity contribution is 0.0775. The quantitative estimate of drug-likeness (QED) is 0.788. The van der Waals surface area contributed by atoms with Gasteiger partial charge in [-0.3, -0.25) is 4.79 Å². The summed E-state index contributed by atoms with van der Waals surface area (Å²) >= 11 is 0. The Bertz CT molecular complexity index is 448. The maximum absolute atomic E-state index is 12.0. The number of carbonyl (C=O) groups is 1. The summed E-state index contributed by atoms with van der Waals surface area (Å²) in [4.78, 5) is 13.6. The third-order valence-electron chi connectivity index (χ3n) is 2.34. The van der Waals surface area contributed by atoms with Crippen molar-refractivity contribution in [1.82, 2.24) is 4.90 Å². The molecule has 1 aromatic carbocycles. The van der Waals surface area contributed by atoms with Gasteiger partial charge in [-0.1, -0.05) is 18.2 Å². The van der Waals surface area contributed by atoms with E-state index in [0.717, 1.165) is 5.76 Å². The maximum Gasteiger partial charge on any atom is 0.254 e. The molecular weight excluding hydrogens is 202 g/mol. The lowest BCUT2D eigenvalue weighted by Crippen LogP contribution is -2.25. The summed E-state index contributed by atoms with van der Waals surface area (Å²) in [6.07, 6.45) is 1.61. The summed E-state index contributed by atoms with van der Waals surface area (Å²) in [7, 11) is 1.76. The van der Waals surface area contributed by atoms with Gasteiger partial charge in [0.25, 0.3) is 5.91 Å². The summed E-state index contributed by atoms with van der Waals surface area (Å²) in [6.45, 7) is 0.487. The van der Waals surface area contributed by atoms with Gasteiger partial charge in [0, 0.05) is 12.6 Å². The highest BCUT2D eigenvalue weighted by Crippen LogP contribution is 2.08. The van der Waals surface area contributed by atoms with Crippen LogP contribution in [0.3, 0.4) is 0 Å². The number of benzene rings is 1. The van der Waals surface area contributed by atoms with Gasteiger partial charge in [-0.15, -0.1) is 0 Å². The van der Waals surface area contributed by atoms with Crippen molar-refractivity contribution in [2.24, 2.45) is 0 Å². The van der Waals surface area contributed by atoms with Gasteiger partial charge in [0.05, 0.1) is 12.8 Å². The second-order valence-electron chi connectivity index (χ2n) is 3.61. The van der Waals surface area contributed by atoms with Crippen LogP contribution in [0.4, 0.5) is 0 Å². The van der Waals surface area contributed by atoms with Gasteiger partial charge in [0.15, 0.2) is 0 Å². The molecule has 0 aliphatic carbocycles. The lowest BCUT2D eigenvalue weighted by atomic mass is 10.2. The Morgan fingerprint density at radius 1 is 1.19 bits per heavy atom. The minimum absolute atomic E-state index is 0.00278. The second kappa shape index (κ2) is 4.66. The first kappa shape index (κ1) is 10.5. The van der Waals surface area contributed by atoms with Crippen LogP contribution < -0.4 is 0 Å². The van der Waals surface area contributed by atoms with Crippen LogP contribution in [-0.4, -0.2) is 17.9 Å². The molecule has 3 heteroatoms. The first-order valence-corrected chi connectivity index (χ1v) is 5.10. The number of amides is 1. The van der Waals surface area contributed by atoms with E-state index in [1.165, 1.54) is 0 Å². The molecule has 0 N–H and O–H groups in total. The molecule has 3 nitrogen and oxygen atoms in total. The molecule has 0 saturated heterocycles. The minimum atomic E-state index is -0.00278. The number of hydrogen-bond acceptors (Lipinski definition) is 2. The van der Waals surface area contributed by atoms with Crippen molar-refractivity contribution in [3.63, 3.8) is 0 Å². The topological polar surface area (TPSA) is 33.5 Å². The van der Waals surface area contributed by atoms with E-state index in [9.17, 15) is 4.79 Å². The molecule has 0 atom stereocenters. The number of rotatable bonds is 3. The fourth-order valence-corrected chi connectivity index (χ4v) is 1.51. The summed E-state index contributed by atoms with van der Waals surface area (Å²) in [5.74, 6) is 0.781. The van der Waals surface area contributed by atoms with E-state index in [4.69, 9.17) is 4.42 Å². The molecule has 2 aromatic rings. The van der Waals surface area contributed by atoms with Crippen molar-refractivity contribution in [1.29, 1.82) is 0 Å². The molecule has 1 heterocycles. The van der Waals surface area contributed by atoms with E-state index < -0.39 is 0 Å². The lowest BCUT2D eigenvalue weighted by Gasteiger charge is -2.15. The largest absolute Gasteiger partial charge is 0.467 e. The molecule has 0 aliphatic rings. The van der Waals surface area contributed by atoms with Crippen molar-refractivity contribution in [2.75, 3.05) is 7.05 Å². The van der Waals surface area contributed by atoms with Crippen LogP contribution in [0, 0.1) is 0 Å². The third kappa shape index (κ3) is 2.31. The molecule has 0 bridgehead atoms. The van der Waals surface area contributed by atoms with Gasteiger partial charge in [-0.05, 0) is 24.3 Å². The molecule has 0 radical (unpaired) electrons. The maximum atomic E-state index is 12.0. The van der Waals surface area contributed by atoms with E-state index in [1.54, 1.807) is 30.3 Å². The third-order valence-corrected chi connectivity index (χ3v) is 2.34. The molecule has 0 unspecified atom stereocenters. The normalized spacial score (nSPS) is 10.1. The van der Waals surface area contributed by atoms with Gasteiger partial charge >= 0.3 is 0 Å². The fraction of sp³-hybridized carbons (Fsp3) is 0.154. The van der Waals surface area contributed by atoms with Crippen molar-refractivity contribution in [3.05, 3.63) is 60.1 Å². The number of carbonyl (C=O) groups excluding carboxylic acids is 1. The zero-order valence-electron chi connectivity index (χ0n) is 9.09. The number of nitrogens with zero attached hydrogens (tertiary/aromatic N) is 1. The van der Waals surface area contributed by atoms with Crippen LogP contribution in [0.2, 0.25) is 0 Å². The molecule has 0 aliphatic heterocycles. The van der Waals surface area contributed by atoms with Gasteiger partial charge in [0.2, 0.25) is 0 Å². The van der Waals surface area contributed by atoms with Crippen LogP contribution in [0.15, 0.2) is 53.1 Å². The Kier molecular flexibility index (Phi) is 3.05. The zero-order valence-corrected chi connectivity index (χ0v) is 9.09. The SMILES string of the molecule is CN(Cc1ccco1)C(=O)c1ccccc1. The molecule has 16 heavy (non-hydrogen) atoms. The van der Waals surface area contributed by atoms with Crippen LogP contribution in [-0.2, 0) is 6.54 Å². The fourth-order valence-electron chi connectivity index (χ4n) is 1.51. The number of furan rings is 1. The summed E-state index contributed by atoms with van der Waals surface area (Å²) < 4.78 is 5.20. The van der Waals surface area contributed by atoms with Crippen molar-refractivity contribution in [2.45, 2.75) is 6.54 Å². The Balaban J connectivity index is 2.05. The predicted molar refractivity (Wildman–Crippen MR) is 60.9 cm³/mol. The first-order valence-electron chi connectivity index (χ1n) is 5.10. The first-order chi connectivity index (χ1) is 7.77. The summed E-state index contributed by atoms with van der Waals surface area (Å²) in [6, 6.07) is 12.9. The van der Waals surface area contributed by atoms with Gasteiger partial charge < -0.3 is 9.32 Å². The number of hydrogen-bond donors (Lipinski definition) is 0. The van der Waals surface area contributed by atoms with E-state index >= 15 is 0 Å². The Morgan fingerprint density at radius 3 is 2.56 bits per heavy atom. The molecule has 2 rings (SSSR count). The molecule has 82 valence electrons. The van der Waals surface area contributed by atoms with Gasteiger partial charge in [-0.2, -0.15) is 0 Å². The molecule has 1 aromatic heterocycles. The zero-order chi connectivity index (χ0) is 11.4. The van der Waals surface area contributed by atoms with E-state index in [2.05, 4.69) is 0 Å². The molecule has 1 amide bonds. The van der Waals surface area contributed by atoms with E-state index in [0.29, 0.717) is 12.1 Å². The average molecular weight is 215 g/mol. The Labute approximate surface area is 94.3 Å². The smallest absolute Gasteiger partial charge is 0.254 e. The Morgan fingerprint density at radius 2 is 1.94 bits per heavy atom. The summed E-state index contributed by atoms with van der Waals surface area (Å²) in [5, 5.41) is 0. The molecule has 0 saturated carbocycles. The van der Waals surface area contributed by atoms with E-state index in [-0.39, 0.29) is 5.91 Å². The average Bonchev–Trinajstić information content (AvgIpc) is 2.82. The van der Waals surface area contributed by atoms with Gasteiger partial charge in [-0.25, -0.2) is 0 Å². The molecular formula is C13H13NO2. The van der Waals surface area contributed by atoms with Crippen molar-refractivity contribution in [3.8, 4) is 0 Å². The second-order valence-corrected chi connectivity index (χ2v) is 3.61. The monoisotopic (exact) mass is 215 g/mol. The van der Waals surface area contributed by atoms with Crippen LogP contribution >= 0.6 is 0 Å². The Hall–Kier alpha value is -2.03. The highest BCUT2D eigenvalue weighted by atomic mass is 16.3. The van der Waals surface area contributed by atoms with Crippen molar-refractivity contribution >= 4 is 5.91 Å². The van der Waals surface area contributed by atoms with Crippen LogP contribution in [0.25, 0.3) is 0 Å². The molecule has 0 fully saturated rings. The van der Waals surface area contributed by atoms with Crippen molar-refractivity contribution < 1.29 is 9.21 Å². The van der Waals surface area contributed by atoms with E-state index in [1.807, 2.05) is 30.3 Å². The van der Waals surface area contributed by atoms with Crippen LogP contribution in [0.5, 0.6) is 0 Å². The molecule has 0 spiro atoms. The minimum Gasteiger partial charge on any atom is -0.467 e. The van der Waals surface area contributed by atoms with Crippen LogP contribution in [0.1, 0.15) is 16.1 Å². The standard InChI is InChI=1S/C13H13NO2/c1-14(10-12-8-5-9-16-12)13(15)11-6-3-2-4-7-11/h2-9H,10H2,1H3.